The second-order valence-electron chi connectivity index (χ2n) is 4.28. The van der Waals surface area contributed by atoms with Crippen molar-refractivity contribution >= 4 is 11.8 Å². The molecule has 1 unspecified atom stereocenters. The molecule has 78 valence electrons. The Morgan fingerprint density at radius 2 is 1.93 bits per heavy atom. The van der Waals surface area contributed by atoms with Gasteiger partial charge in [0.15, 0.2) is 0 Å². The molecule has 15 heavy (non-hydrogen) atoms. The minimum atomic E-state index is -0.571. The number of benzene rings is 1. The Hall–Kier alpha value is -1.64. The average molecular weight is 203 g/mol. The van der Waals surface area contributed by atoms with Gasteiger partial charge in [-0.2, -0.15) is 0 Å². The third-order valence-electron chi connectivity index (χ3n) is 2.79. The minimum Gasteiger partial charge on any atom is -0.296 e. The predicted molar refractivity (Wildman–Crippen MR) is 56.0 cm³/mol. The van der Waals surface area contributed by atoms with Gasteiger partial charge in [0.1, 0.15) is 0 Å². The Bertz CT molecular complexity index is 399. The zero-order chi connectivity index (χ0) is 10.9. The fraction of sp³-hybridized carbons (Fsp3) is 0.333. The van der Waals surface area contributed by atoms with Crippen molar-refractivity contribution in [2.75, 3.05) is 0 Å². The Kier molecular flexibility index (Phi) is 2.31. The number of hydrogen-bond acceptors (Lipinski definition) is 2. The molecule has 0 aliphatic carbocycles. The van der Waals surface area contributed by atoms with Crippen LogP contribution in [0, 0.1) is 5.41 Å². The van der Waals surface area contributed by atoms with Crippen molar-refractivity contribution in [2.45, 2.75) is 19.8 Å². The van der Waals surface area contributed by atoms with Crippen molar-refractivity contribution < 1.29 is 9.59 Å². The maximum absolute atomic E-state index is 11.6. The van der Waals surface area contributed by atoms with Crippen LogP contribution in [0.25, 0.3) is 0 Å². The standard InChI is InChI=1S/C12H13NO2/c1-12(8-10(14)13-11(12)15)7-9-5-3-2-4-6-9/h2-6H,7-8H2,1H3,(H,13,14,15). The molecule has 2 amide bonds. The SMILES string of the molecule is CC1(Cc2ccccc2)CC(=O)NC1=O. The summed E-state index contributed by atoms with van der Waals surface area (Å²) in [5.74, 6) is -0.324. The van der Waals surface area contributed by atoms with Gasteiger partial charge in [-0.3, -0.25) is 14.9 Å². The molecular formula is C12H13NO2. The molecule has 0 radical (unpaired) electrons. The number of hydrogen-bond donors (Lipinski definition) is 1. The summed E-state index contributed by atoms with van der Waals surface area (Å²) in [4.78, 5) is 22.7. The van der Waals surface area contributed by atoms with Gasteiger partial charge in [0.05, 0.1) is 5.41 Å². The molecule has 1 N–H and O–H groups in total. The molecule has 1 aliphatic rings. The lowest BCUT2D eigenvalue weighted by Crippen LogP contribution is -2.30. The van der Waals surface area contributed by atoms with E-state index in [1.165, 1.54) is 0 Å². The Morgan fingerprint density at radius 3 is 2.47 bits per heavy atom. The van der Waals surface area contributed by atoms with Crippen LogP contribution in [0.4, 0.5) is 0 Å². The van der Waals surface area contributed by atoms with Crippen LogP contribution >= 0.6 is 0 Å². The molecule has 3 nitrogen and oxygen atoms in total. The molecule has 1 saturated heterocycles. The molecule has 1 heterocycles. The van der Waals surface area contributed by atoms with Crippen LogP contribution in [0.3, 0.4) is 0 Å². The largest absolute Gasteiger partial charge is 0.296 e. The van der Waals surface area contributed by atoms with Gasteiger partial charge in [-0.05, 0) is 18.9 Å². The van der Waals surface area contributed by atoms with Gasteiger partial charge < -0.3 is 0 Å². The van der Waals surface area contributed by atoms with Crippen molar-refractivity contribution in [1.29, 1.82) is 0 Å². The molecule has 2 rings (SSSR count). The highest BCUT2D eigenvalue weighted by Crippen LogP contribution is 2.30. The zero-order valence-corrected chi connectivity index (χ0v) is 8.62. The molecule has 0 aromatic heterocycles. The molecular weight excluding hydrogens is 190 g/mol. The fourth-order valence-corrected chi connectivity index (χ4v) is 1.95. The molecule has 3 heteroatoms. The van der Waals surface area contributed by atoms with Crippen LogP contribution in [0.5, 0.6) is 0 Å². The summed E-state index contributed by atoms with van der Waals surface area (Å²) in [6.07, 6.45) is 0.909. The first-order valence-corrected chi connectivity index (χ1v) is 4.98. The first-order chi connectivity index (χ1) is 7.10. The van der Waals surface area contributed by atoms with E-state index in [9.17, 15) is 9.59 Å². The summed E-state index contributed by atoms with van der Waals surface area (Å²) in [7, 11) is 0. The van der Waals surface area contributed by atoms with Gasteiger partial charge in [-0.25, -0.2) is 0 Å². The molecule has 0 bridgehead atoms. The van der Waals surface area contributed by atoms with Crippen LogP contribution in [0.1, 0.15) is 18.9 Å². The molecule has 1 aliphatic heterocycles. The van der Waals surface area contributed by atoms with Crippen LogP contribution in [0.15, 0.2) is 30.3 Å². The number of imide groups is 1. The van der Waals surface area contributed by atoms with Crippen molar-refractivity contribution in [1.82, 2.24) is 5.32 Å². The van der Waals surface area contributed by atoms with E-state index >= 15 is 0 Å². The monoisotopic (exact) mass is 203 g/mol. The van der Waals surface area contributed by atoms with Crippen LogP contribution < -0.4 is 5.32 Å². The summed E-state index contributed by atoms with van der Waals surface area (Å²) in [5, 5.41) is 2.35. The van der Waals surface area contributed by atoms with Crippen LogP contribution in [-0.4, -0.2) is 11.8 Å². The first kappa shape index (κ1) is 9.90. The number of carbonyl (C=O) groups excluding carboxylic acids is 2. The van der Waals surface area contributed by atoms with Gasteiger partial charge in [0, 0.05) is 6.42 Å². The van der Waals surface area contributed by atoms with E-state index in [-0.39, 0.29) is 11.8 Å². The zero-order valence-electron chi connectivity index (χ0n) is 8.62. The van der Waals surface area contributed by atoms with Crippen molar-refractivity contribution in [2.24, 2.45) is 5.41 Å². The summed E-state index contributed by atoms with van der Waals surface area (Å²) < 4.78 is 0. The predicted octanol–water partition coefficient (Wildman–Crippen LogP) is 1.28. The van der Waals surface area contributed by atoms with Gasteiger partial charge in [0.2, 0.25) is 11.8 Å². The van der Waals surface area contributed by atoms with E-state index in [1.54, 1.807) is 0 Å². The van der Waals surface area contributed by atoms with Gasteiger partial charge >= 0.3 is 0 Å². The summed E-state index contributed by atoms with van der Waals surface area (Å²) in [6.45, 7) is 1.83. The minimum absolute atomic E-state index is 0.156. The second-order valence-corrected chi connectivity index (χ2v) is 4.28. The van der Waals surface area contributed by atoms with E-state index < -0.39 is 5.41 Å². The number of amides is 2. The maximum atomic E-state index is 11.6. The summed E-state index contributed by atoms with van der Waals surface area (Å²) in [6, 6.07) is 9.76. The number of carbonyl (C=O) groups is 2. The second kappa shape index (κ2) is 3.50. The smallest absolute Gasteiger partial charge is 0.233 e. The van der Waals surface area contributed by atoms with E-state index in [1.807, 2.05) is 37.3 Å². The Labute approximate surface area is 88.5 Å². The highest BCUT2D eigenvalue weighted by Gasteiger charge is 2.42. The lowest BCUT2D eigenvalue weighted by molar-refractivity contribution is -0.128. The van der Waals surface area contributed by atoms with Crippen LogP contribution in [-0.2, 0) is 16.0 Å². The molecule has 0 saturated carbocycles. The third kappa shape index (κ3) is 1.91. The molecule has 1 aromatic carbocycles. The summed E-state index contributed by atoms with van der Waals surface area (Å²) >= 11 is 0. The molecule has 0 spiro atoms. The van der Waals surface area contributed by atoms with Crippen molar-refractivity contribution in [3.8, 4) is 0 Å². The van der Waals surface area contributed by atoms with E-state index in [0.29, 0.717) is 12.8 Å². The normalized spacial score (nSPS) is 25.4. The quantitative estimate of drug-likeness (QED) is 0.736. The van der Waals surface area contributed by atoms with Gasteiger partial charge in [-0.15, -0.1) is 0 Å². The van der Waals surface area contributed by atoms with E-state index in [4.69, 9.17) is 0 Å². The van der Waals surface area contributed by atoms with Crippen molar-refractivity contribution in [3.63, 3.8) is 0 Å². The number of rotatable bonds is 2. The molecule has 1 atom stereocenters. The Balaban J connectivity index is 2.18. The molecule has 1 aromatic rings. The van der Waals surface area contributed by atoms with E-state index in [0.717, 1.165) is 5.56 Å². The van der Waals surface area contributed by atoms with Crippen LogP contribution in [0.2, 0.25) is 0 Å². The number of nitrogens with one attached hydrogen (secondary N) is 1. The highest BCUT2D eigenvalue weighted by molar-refractivity contribution is 6.05. The van der Waals surface area contributed by atoms with Crippen molar-refractivity contribution in [3.05, 3.63) is 35.9 Å². The van der Waals surface area contributed by atoms with E-state index in [2.05, 4.69) is 5.32 Å². The fourth-order valence-electron chi connectivity index (χ4n) is 1.95. The highest BCUT2D eigenvalue weighted by atomic mass is 16.2. The third-order valence-corrected chi connectivity index (χ3v) is 2.79. The Morgan fingerprint density at radius 1 is 1.27 bits per heavy atom. The summed E-state index contributed by atoms with van der Waals surface area (Å²) in [5.41, 5.74) is 0.517. The average Bonchev–Trinajstić information content (AvgIpc) is 2.41. The lowest BCUT2D eigenvalue weighted by Gasteiger charge is -2.18. The molecule has 1 fully saturated rings. The topological polar surface area (TPSA) is 46.2 Å². The van der Waals surface area contributed by atoms with Gasteiger partial charge in [-0.1, -0.05) is 30.3 Å². The first-order valence-electron chi connectivity index (χ1n) is 4.98. The van der Waals surface area contributed by atoms with Gasteiger partial charge in [0.25, 0.3) is 0 Å². The maximum Gasteiger partial charge on any atom is 0.233 e. The lowest BCUT2D eigenvalue weighted by atomic mass is 9.82.